The van der Waals surface area contributed by atoms with Crippen LogP contribution >= 0.6 is 15.9 Å². The van der Waals surface area contributed by atoms with E-state index in [0.717, 1.165) is 33.2 Å². The van der Waals surface area contributed by atoms with Gasteiger partial charge in [0.25, 0.3) is 5.82 Å². The van der Waals surface area contributed by atoms with E-state index >= 15 is 0 Å². The molecule has 0 unspecified atom stereocenters. The van der Waals surface area contributed by atoms with E-state index in [4.69, 9.17) is 4.42 Å². The van der Waals surface area contributed by atoms with Gasteiger partial charge in [-0.3, -0.25) is 0 Å². The molecule has 3 rings (SSSR count). The number of rotatable bonds is 4. The molecule has 114 valence electrons. The van der Waals surface area contributed by atoms with Crippen LogP contribution in [0.15, 0.2) is 45.4 Å². The summed E-state index contributed by atoms with van der Waals surface area (Å²) >= 11 is 3.42. The molecule has 2 N–H and O–H groups in total. The molecule has 0 amide bonds. The van der Waals surface area contributed by atoms with Gasteiger partial charge < -0.3 is 4.42 Å². The molecule has 3 aromatic rings. The van der Waals surface area contributed by atoms with Gasteiger partial charge in [0, 0.05) is 11.8 Å². The largest absolute Gasteiger partial charge is 0.460 e. The van der Waals surface area contributed by atoms with E-state index in [1.807, 2.05) is 55.9 Å². The van der Waals surface area contributed by atoms with E-state index in [0.29, 0.717) is 0 Å². The van der Waals surface area contributed by atoms with Crippen LogP contribution in [0.5, 0.6) is 0 Å². The number of nitrogens with zero attached hydrogens (tertiary/aromatic N) is 2. The molecule has 1 atom stereocenters. The summed E-state index contributed by atoms with van der Waals surface area (Å²) < 4.78 is 8.74. The maximum Gasteiger partial charge on any atom is 0.274 e. The number of aromatic amines is 1. The van der Waals surface area contributed by atoms with Gasteiger partial charge in [0.2, 0.25) is 6.17 Å². The molecule has 0 aliphatic heterocycles. The Bertz CT molecular complexity index is 776. The average molecular weight is 362 g/mol. The molecule has 0 saturated carbocycles. The fourth-order valence-corrected chi connectivity index (χ4v) is 2.65. The Morgan fingerprint density at radius 3 is 2.59 bits per heavy atom. The number of pyridine rings is 1. The molecule has 0 bridgehead atoms. The van der Waals surface area contributed by atoms with Gasteiger partial charge in [-0.1, -0.05) is 0 Å². The average Bonchev–Trinajstić information content (AvgIpc) is 3.04. The van der Waals surface area contributed by atoms with Crippen LogP contribution in [0, 0.1) is 20.8 Å². The fourth-order valence-electron chi connectivity index (χ4n) is 2.40. The number of nitrogens with one attached hydrogen (secondary N) is 2. The number of aromatic nitrogens is 3. The molecule has 0 spiro atoms. The van der Waals surface area contributed by atoms with Crippen molar-refractivity contribution in [3.05, 3.63) is 63.9 Å². The summed E-state index contributed by atoms with van der Waals surface area (Å²) in [6.07, 6.45) is 1.67. The van der Waals surface area contributed by atoms with Crippen molar-refractivity contribution in [3.8, 4) is 0 Å². The maximum absolute atomic E-state index is 5.81. The molecular formula is C16H18BrN4O+. The van der Waals surface area contributed by atoms with Gasteiger partial charge in [0.1, 0.15) is 12.0 Å². The third-order valence-electron chi connectivity index (χ3n) is 3.39. The molecule has 0 fully saturated rings. The Hall–Kier alpha value is -2.08. The van der Waals surface area contributed by atoms with Crippen molar-refractivity contribution < 1.29 is 9.40 Å². The third kappa shape index (κ3) is 3.06. The highest BCUT2D eigenvalue weighted by molar-refractivity contribution is 9.10. The van der Waals surface area contributed by atoms with Crippen LogP contribution in [0.1, 0.15) is 29.1 Å². The first-order chi connectivity index (χ1) is 10.5. The zero-order valence-electron chi connectivity index (χ0n) is 12.7. The lowest BCUT2D eigenvalue weighted by Gasteiger charge is -2.14. The predicted octanol–water partition coefficient (Wildman–Crippen LogP) is 3.64. The highest BCUT2D eigenvalue weighted by Crippen LogP contribution is 2.23. The molecule has 22 heavy (non-hydrogen) atoms. The lowest BCUT2D eigenvalue weighted by Crippen LogP contribution is -2.25. The highest BCUT2D eigenvalue weighted by Gasteiger charge is 2.24. The van der Waals surface area contributed by atoms with Gasteiger partial charge in [0.05, 0.1) is 10.2 Å². The SMILES string of the molecule is Cc1cc(C)n([C@@H](Nc2ccc(Br)c[nH+]2)c2ccc(C)o2)n1. The van der Waals surface area contributed by atoms with Crippen LogP contribution in [0.3, 0.4) is 0 Å². The fraction of sp³-hybridized carbons (Fsp3) is 0.250. The van der Waals surface area contributed by atoms with E-state index in [9.17, 15) is 0 Å². The summed E-state index contributed by atoms with van der Waals surface area (Å²) in [5.41, 5.74) is 2.05. The molecule has 3 heterocycles. The van der Waals surface area contributed by atoms with Crippen molar-refractivity contribution in [2.45, 2.75) is 26.9 Å². The topological polar surface area (TPSA) is 57.1 Å². The zero-order valence-corrected chi connectivity index (χ0v) is 14.3. The van der Waals surface area contributed by atoms with Gasteiger partial charge >= 0.3 is 0 Å². The molecule has 0 aromatic carbocycles. The van der Waals surface area contributed by atoms with Gasteiger partial charge in [-0.15, -0.1) is 0 Å². The molecule has 0 aliphatic carbocycles. The lowest BCUT2D eigenvalue weighted by atomic mass is 10.3. The first-order valence-electron chi connectivity index (χ1n) is 7.06. The molecule has 5 nitrogen and oxygen atoms in total. The van der Waals surface area contributed by atoms with E-state index in [2.05, 4.69) is 37.4 Å². The molecule has 0 aliphatic rings. The quantitative estimate of drug-likeness (QED) is 0.771. The minimum Gasteiger partial charge on any atom is -0.460 e. The molecule has 6 heteroatoms. The minimum absolute atomic E-state index is 0.208. The summed E-state index contributed by atoms with van der Waals surface area (Å²) in [6, 6.07) is 9.93. The number of halogens is 1. The van der Waals surface area contributed by atoms with Gasteiger partial charge in [-0.2, -0.15) is 5.10 Å². The van der Waals surface area contributed by atoms with Crippen LogP contribution in [0.2, 0.25) is 0 Å². The maximum atomic E-state index is 5.81. The van der Waals surface area contributed by atoms with Crippen molar-refractivity contribution in [1.82, 2.24) is 9.78 Å². The second kappa shape index (κ2) is 5.96. The van der Waals surface area contributed by atoms with Crippen LogP contribution in [-0.2, 0) is 0 Å². The third-order valence-corrected chi connectivity index (χ3v) is 3.88. The van der Waals surface area contributed by atoms with Crippen molar-refractivity contribution in [2.75, 3.05) is 5.32 Å². The molecular weight excluding hydrogens is 344 g/mol. The second-order valence-electron chi connectivity index (χ2n) is 5.29. The van der Waals surface area contributed by atoms with Gasteiger partial charge in [-0.05, 0) is 61.0 Å². The Kier molecular flexibility index (Phi) is 4.02. The van der Waals surface area contributed by atoms with E-state index in [-0.39, 0.29) is 6.17 Å². The Labute approximate surface area is 137 Å². The van der Waals surface area contributed by atoms with E-state index < -0.39 is 0 Å². The summed E-state index contributed by atoms with van der Waals surface area (Å²) in [5.74, 6) is 2.58. The van der Waals surface area contributed by atoms with Crippen molar-refractivity contribution in [3.63, 3.8) is 0 Å². The van der Waals surface area contributed by atoms with Crippen LogP contribution in [0.25, 0.3) is 0 Å². The number of anilines is 1. The van der Waals surface area contributed by atoms with Crippen LogP contribution < -0.4 is 10.3 Å². The predicted molar refractivity (Wildman–Crippen MR) is 87.6 cm³/mol. The molecule has 0 saturated heterocycles. The van der Waals surface area contributed by atoms with Gasteiger partial charge in [0.15, 0.2) is 5.76 Å². The number of H-pyrrole nitrogens is 1. The Morgan fingerprint density at radius 2 is 2.05 bits per heavy atom. The van der Waals surface area contributed by atoms with Crippen LogP contribution in [-0.4, -0.2) is 9.78 Å². The summed E-state index contributed by atoms with van der Waals surface area (Å²) in [5, 5.41) is 8.02. The zero-order chi connectivity index (χ0) is 15.7. The number of aryl methyl sites for hydroxylation is 3. The van der Waals surface area contributed by atoms with Crippen molar-refractivity contribution >= 4 is 21.7 Å². The summed E-state index contributed by atoms with van der Waals surface area (Å²) in [6.45, 7) is 5.96. The van der Waals surface area contributed by atoms with E-state index in [1.165, 1.54) is 0 Å². The molecule has 0 radical (unpaired) electrons. The first-order valence-corrected chi connectivity index (χ1v) is 7.85. The van der Waals surface area contributed by atoms with Gasteiger partial charge in [-0.25, -0.2) is 15.0 Å². The molecule has 3 aromatic heterocycles. The monoisotopic (exact) mass is 361 g/mol. The van der Waals surface area contributed by atoms with E-state index in [1.54, 1.807) is 0 Å². The van der Waals surface area contributed by atoms with Crippen molar-refractivity contribution in [1.29, 1.82) is 0 Å². The Balaban J connectivity index is 1.99. The number of hydrogen-bond acceptors (Lipinski definition) is 3. The standard InChI is InChI=1S/C16H17BrN4O/c1-10-8-11(2)21(20-10)16(14-6-4-12(3)22-14)19-15-7-5-13(17)9-18-15/h4-9,16H,1-3H3,(H,18,19)/p+1/t16-/m1/s1. The first kappa shape index (κ1) is 14.8. The number of furan rings is 1. The summed E-state index contributed by atoms with van der Waals surface area (Å²) in [7, 11) is 0. The number of hydrogen-bond donors (Lipinski definition) is 1. The normalized spacial score (nSPS) is 12.4. The second-order valence-corrected chi connectivity index (χ2v) is 6.20. The van der Waals surface area contributed by atoms with Crippen LogP contribution in [0.4, 0.5) is 5.82 Å². The summed E-state index contributed by atoms with van der Waals surface area (Å²) in [4.78, 5) is 3.20. The lowest BCUT2D eigenvalue weighted by molar-refractivity contribution is -0.362. The Morgan fingerprint density at radius 1 is 1.23 bits per heavy atom. The van der Waals surface area contributed by atoms with Crippen molar-refractivity contribution in [2.24, 2.45) is 0 Å². The smallest absolute Gasteiger partial charge is 0.274 e. The minimum atomic E-state index is -0.208. The highest BCUT2D eigenvalue weighted by atomic mass is 79.9.